The Morgan fingerprint density at radius 3 is 2.24 bits per heavy atom. The molecule has 132 valence electrons. The molecule has 3 rings (SSSR count). The molecule has 1 aliphatic heterocycles. The van der Waals surface area contributed by atoms with E-state index in [4.69, 9.17) is 14.2 Å². The molecule has 1 amide bonds. The van der Waals surface area contributed by atoms with Crippen molar-refractivity contribution in [1.82, 2.24) is 4.90 Å². The first-order chi connectivity index (χ1) is 12.0. The molecule has 1 unspecified atom stereocenters. The molecule has 25 heavy (non-hydrogen) atoms. The van der Waals surface area contributed by atoms with E-state index in [1.807, 2.05) is 25.1 Å². The second-order valence-electron chi connectivity index (χ2n) is 5.96. The van der Waals surface area contributed by atoms with Gasteiger partial charge >= 0.3 is 0 Å². The smallest absolute Gasteiger partial charge is 0.257 e. The first-order valence-corrected chi connectivity index (χ1v) is 7.94. The van der Waals surface area contributed by atoms with E-state index in [-0.39, 0.29) is 12.1 Å². The number of rotatable bonds is 4. The SMILES string of the molecule is COc1cc2c(cc1OC)C(=O)N(C)C(c1cc(C)ccc1OC)N2. The monoisotopic (exact) mass is 342 g/mol. The molecule has 2 aromatic rings. The summed E-state index contributed by atoms with van der Waals surface area (Å²) in [5.41, 5.74) is 3.24. The van der Waals surface area contributed by atoms with Gasteiger partial charge in [-0.25, -0.2) is 0 Å². The molecule has 6 nitrogen and oxygen atoms in total. The Morgan fingerprint density at radius 2 is 1.60 bits per heavy atom. The van der Waals surface area contributed by atoms with Crippen molar-refractivity contribution in [1.29, 1.82) is 0 Å². The van der Waals surface area contributed by atoms with Crippen LogP contribution in [0.4, 0.5) is 5.69 Å². The lowest BCUT2D eigenvalue weighted by molar-refractivity contribution is 0.0733. The molecule has 0 spiro atoms. The Labute approximate surface area is 147 Å². The maximum absolute atomic E-state index is 12.9. The summed E-state index contributed by atoms with van der Waals surface area (Å²) in [5.74, 6) is 1.73. The first kappa shape index (κ1) is 17.0. The van der Waals surface area contributed by atoms with Crippen LogP contribution in [0, 0.1) is 6.92 Å². The molecular weight excluding hydrogens is 320 g/mol. The summed E-state index contributed by atoms with van der Waals surface area (Å²) in [5, 5.41) is 3.41. The summed E-state index contributed by atoms with van der Waals surface area (Å²) >= 11 is 0. The van der Waals surface area contributed by atoms with Crippen molar-refractivity contribution in [2.45, 2.75) is 13.1 Å². The zero-order chi connectivity index (χ0) is 18.1. The van der Waals surface area contributed by atoms with Crippen LogP contribution in [0.5, 0.6) is 17.2 Å². The van der Waals surface area contributed by atoms with Crippen molar-refractivity contribution in [2.24, 2.45) is 0 Å². The van der Waals surface area contributed by atoms with Gasteiger partial charge in [-0.1, -0.05) is 11.6 Å². The van der Waals surface area contributed by atoms with Crippen LogP contribution in [0.3, 0.4) is 0 Å². The summed E-state index contributed by atoms with van der Waals surface area (Å²) in [4.78, 5) is 14.6. The lowest BCUT2D eigenvalue weighted by Crippen LogP contribution is -2.40. The number of hydrogen-bond acceptors (Lipinski definition) is 5. The Hall–Kier alpha value is -2.89. The predicted octanol–water partition coefficient (Wildman–Crippen LogP) is 3.22. The Balaban J connectivity index is 2.10. The van der Waals surface area contributed by atoms with Crippen molar-refractivity contribution >= 4 is 11.6 Å². The minimum absolute atomic E-state index is 0.0942. The molecular formula is C19H22N2O4. The quantitative estimate of drug-likeness (QED) is 0.924. The number of carbonyl (C=O) groups is 1. The number of methoxy groups -OCH3 is 3. The van der Waals surface area contributed by atoms with Gasteiger partial charge in [-0.3, -0.25) is 4.79 Å². The molecule has 0 aromatic heterocycles. The standard InChI is InChI=1S/C19H22N2O4/c1-11-6-7-15(23-3)13(8-11)18-20-14-10-17(25-5)16(24-4)9-12(14)19(22)21(18)2/h6-10,18,20H,1-5H3. The van der Waals surface area contributed by atoms with Gasteiger partial charge in [0.15, 0.2) is 11.5 Å². The van der Waals surface area contributed by atoms with Crippen molar-refractivity contribution in [3.05, 3.63) is 47.0 Å². The van der Waals surface area contributed by atoms with Crippen molar-refractivity contribution in [3.63, 3.8) is 0 Å². The number of hydrogen-bond donors (Lipinski definition) is 1. The summed E-state index contributed by atoms with van der Waals surface area (Å²) in [6.07, 6.45) is -0.340. The lowest BCUT2D eigenvalue weighted by atomic mass is 10.0. The summed E-state index contributed by atoms with van der Waals surface area (Å²) < 4.78 is 16.1. The maximum atomic E-state index is 12.9. The predicted molar refractivity (Wildman–Crippen MR) is 95.7 cm³/mol. The highest BCUT2D eigenvalue weighted by Crippen LogP contribution is 2.41. The van der Waals surface area contributed by atoms with Crippen molar-refractivity contribution < 1.29 is 19.0 Å². The highest BCUT2D eigenvalue weighted by Gasteiger charge is 2.33. The van der Waals surface area contributed by atoms with Gasteiger partial charge in [0.05, 0.1) is 32.6 Å². The first-order valence-electron chi connectivity index (χ1n) is 7.94. The maximum Gasteiger partial charge on any atom is 0.257 e. The van der Waals surface area contributed by atoms with Gasteiger partial charge in [0, 0.05) is 18.7 Å². The van der Waals surface area contributed by atoms with Crippen LogP contribution in [0.2, 0.25) is 0 Å². The van der Waals surface area contributed by atoms with Crippen LogP contribution in [-0.2, 0) is 0 Å². The zero-order valence-corrected chi connectivity index (χ0v) is 15.0. The molecule has 0 saturated carbocycles. The van der Waals surface area contributed by atoms with Crippen LogP contribution >= 0.6 is 0 Å². The second-order valence-corrected chi connectivity index (χ2v) is 5.96. The minimum Gasteiger partial charge on any atom is -0.496 e. The average Bonchev–Trinajstić information content (AvgIpc) is 2.63. The van der Waals surface area contributed by atoms with Crippen molar-refractivity contribution in [2.75, 3.05) is 33.7 Å². The topological polar surface area (TPSA) is 60.0 Å². The van der Waals surface area contributed by atoms with Crippen LogP contribution in [0.1, 0.15) is 27.7 Å². The molecule has 1 aliphatic rings. The molecule has 6 heteroatoms. The van der Waals surface area contributed by atoms with E-state index >= 15 is 0 Å². The fourth-order valence-electron chi connectivity index (χ4n) is 3.08. The number of anilines is 1. The Bertz CT molecular complexity index is 819. The molecule has 2 aromatic carbocycles. The van der Waals surface area contributed by atoms with E-state index in [1.165, 1.54) is 0 Å². The molecule has 0 fully saturated rings. The molecule has 0 aliphatic carbocycles. The van der Waals surface area contributed by atoms with Gasteiger partial charge in [-0.2, -0.15) is 0 Å². The molecule has 0 radical (unpaired) electrons. The highest BCUT2D eigenvalue weighted by atomic mass is 16.5. The second kappa shape index (κ2) is 6.55. The average molecular weight is 342 g/mol. The molecule has 0 bridgehead atoms. The number of ether oxygens (including phenoxy) is 3. The van der Waals surface area contributed by atoms with Crippen LogP contribution in [0.15, 0.2) is 30.3 Å². The fourth-order valence-corrected chi connectivity index (χ4v) is 3.08. The van der Waals surface area contributed by atoms with E-state index in [1.54, 1.807) is 45.4 Å². The van der Waals surface area contributed by atoms with E-state index in [0.717, 1.165) is 16.9 Å². The van der Waals surface area contributed by atoms with E-state index in [0.29, 0.717) is 22.7 Å². The highest BCUT2D eigenvalue weighted by molar-refractivity contribution is 6.02. The summed E-state index contributed by atoms with van der Waals surface area (Å²) in [7, 11) is 6.51. The Morgan fingerprint density at radius 1 is 0.960 bits per heavy atom. The van der Waals surface area contributed by atoms with E-state index in [9.17, 15) is 4.79 Å². The third kappa shape index (κ3) is 2.84. The number of benzene rings is 2. The summed E-state index contributed by atoms with van der Waals surface area (Å²) in [6, 6.07) is 9.40. The van der Waals surface area contributed by atoms with Crippen molar-refractivity contribution in [3.8, 4) is 17.2 Å². The number of fused-ring (bicyclic) bond motifs is 1. The van der Waals surface area contributed by atoms with E-state index < -0.39 is 0 Å². The van der Waals surface area contributed by atoms with Crippen LogP contribution in [0.25, 0.3) is 0 Å². The normalized spacial score (nSPS) is 16.1. The minimum atomic E-state index is -0.340. The molecule has 1 atom stereocenters. The van der Waals surface area contributed by atoms with Gasteiger partial charge in [-0.15, -0.1) is 0 Å². The number of nitrogens with one attached hydrogen (secondary N) is 1. The number of carbonyl (C=O) groups excluding carboxylic acids is 1. The van der Waals surface area contributed by atoms with Gasteiger partial charge in [-0.05, 0) is 25.1 Å². The van der Waals surface area contributed by atoms with Gasteiger partial charge in [0.25, 0.3) is 5.91 Å². The Kier molecular flexibility index (Phi) is 4.44. The van der Waals surface area contributed by atoms with Gasteiger partial charge in [0.1, 0.15) is 11.9 Å². The van der Waals surface area contributed by atoms with Crippen LogP contribution < -0.4 is 19.5 Å². The number of amides is 1. The fraction of sp³-hybridized carbons (Fsp3) is 0.316. The molecule has 1 heterocycles. The largest absolute Gasteiger partial charge is 0.496 e. The summed E-state index contributed by atoms with van der Waals surface area (Å²) in [6.45, 7) is 2.01. The molecule has 1 N–H and O–H groups in total. The lowest BCUT2D eigenvalue weighted by Gasteiger charge is -2.36. The zero-order valence-electron chi connectivity index (χ0n) is 15.0. The van der Waals surface area contributed by atoms with Gasteiger partial charge in [0.2, 0.25) is 0 Å². The third-order valence-corrected chi connectivity index (χ3v) is 4.43. The number of nitrogens with zero attached hydrogens (tertiary/aromatic N) is 1. The third-order valence-electron chi connectivity index (χ3n) is 4.43. The van der Waals surface area contributed by atoms with E-state index in [2.05, 4.69) is 5.32 Å². The number of aryl methyl sites for hydroxylation is 1. The van der Waals surface area contributed by atoms with Crippen LogP contribution in [-0.4, -0.2) is 39.2 Å². The molecule has 0 saturated heterocycles. The van der Waals surface area contributed by atoms with Gasteiger partial charge < -0.3 is 24.4 Å².